The van der Waals surface area contributed by atoms with Gasteiger partial charge in [-0.2, -0.15) is 0 Å². The molecule has 3 fully saturated rings. The van der Waals surface area contributed by atoms with Crippen LogP contribution in [0.3, 0.4) is 0 Å². The second-order valence-electron chi connectivity index (χ2n) is 9.55. The van der Waals surface area contributed by atoms with Crippen LogP contribution in [0.5, 0.6) is 5.75 Å². The van der Waals surface area contributed by atoms with Gasteiger partial charge in [0.05, 0.1) is 12.0 Å². The number of hydrogen-bond donors (Lipinski definition) is 0. The van der Waals surface area contributed by atoms with Crippen molar-refractivity contribution in [3.63, 3.8) is 0 Å². The number of likely N-dealkylation sites (tertiary alicyclic amines) is 2. The van der Waals surface area contributed by atoms with Crippen LogP contribution in [-0.4, -0.2) is 54.4 Å². The highest BCUT2D eigenvalue weighted by atomic mass is 16.5. The van der Waals surface area contributed by atoms with E-state index in [1.807, 2.05) is 47.4 Å². The Labute approximate surface area is 190 Å². The van der Waals surface area contributed by atoms with Gasteiger partial charge in [0, 0.05) is 37.7 Å². The average molecular weight is 433 g/mol. The van der Waals surface area contributed by atoms with Gasteiger partial charge in [0.2, 0.25) is 5.91 Å². The first kappa shape index (κ1) is 21.0. The van der Waals surface area contributed by atoms with E-state index in [1.165, 1.54) is 0 Å². The Hall–Kier alpha value is -2.82. The van der Waals surface area contributed by atoms with Crippen LogP contribution in [0, 0.1) is 5.92 Å². The molecular weight excluding hydrogens is 400 g/mol. The van der Waals surface area contributed by atoms with Gasteiger partial charge in [0.15, 0.2) is 0 Å². The molecule has 3 aliphatic rings. The van der Waals surface area contributed by atoms with Crippen LogP contribution in [0.25, 0.3) is 0 Å². The lowest BCUT2D eigenvalue weighted by atomic mass is 9.91. The van der Waals surface area contributed by atoms with Crippen molar-refractivity contribution in [2.45, 2.75) is 43.9 Å². The normalized spacial score (nSPS) is 21.9. The van der Waals surface area contributed by atoms with E-state index in [0.29, 0.717) is 18.1 Å². The minimum Gasteiger partial charge on any atom is -0.493 e. The number of amides is 2. The predicted molar refractivity (Wildman–Crippen MR) is 124 cm³/mol. The summed E-state index contributed by atoms with van der Waals surface area (Å²) in [6, 6.07) is 17.8. The Kier molecular flexibility index (Phi) is 5.90. The largest absolute Gasteiger partial charge is 0.493 e. The predicted octanol–water partition coefficient (Wildman–Crippen LogP) is 4.27. The summed E-state index contributed by atoms with van der Waals surface area (Å²) in [6.07, 6.45) is 6.15. The molecule has 0 bridgehead atoms. The maximum absolute atomic E-state index is 13.4. The Morgan fingerprint density at radius 3 is 2.41 bits per heavy atom. The van der Waals surface area contributed by atoms with Gasteiger partial charge in [0.1, 0.15) is 5.75 Å². The standard InChI is InChI=1S/C27H32N2O3/c30-25(28-15-4-5-16-28)22-9-6-12-24(18-22)32-20-21-8-7-17-29(19-21)26(31)27(13-14-27)23-10-2-1-3-11-23/h1-3,6,9-12,18,21H,4-5,7-8,13-17,19-20H2. The maximum atomic E-state index is 13.4. The zero-order chi connectivity index (χ0) is 22.0. The molecule has 0 spiro atoms. The van der Waals surface area contributed by atoms with Gasteiger partial charge in [-0.25, -0.2) is 0 Å². The van der Waals surface area contributed by atoms with Crippen molar-refractivity contribution in [1.82, 2.24) is 9.80 Å². The summed E-state index contributed by atoms with van der Waals surface area (Å²) in [4.78, 5) is 30.0. The van der Waals surface area contributed by atoms with Gasteiger partial charge in [0.25, 0.3) is 5.91 Å². The summed E-state index contributed by atoms with van der Waals surface area (Å²) >= 11 is 0. The van der Waals surface area contributed by atoms with Crippen molar-refractivity contribution in [1.29, 1.82) is 0 Å². The van der Waals surface area contributed by atoms with Crippen molar-refractivity contribution in [2.75, 3.05) is 32.8 Å². The number of rotatable bonds is 6. The number of benzene rings is 2. The van der Waals surface area contributed by atoms with E-state index >= 15 is 0 Å². The van der Waals surface area contributed by atoms with Crippen molar-refractivity contribution in [3.8, 4) is 5.75 Å². The lowest BCUT2D eigenvalue weighted by Crippen LogP contribution is -2.46. The number of carbonyl (C=O) groups excluding carboxylic acids is 2. The quantitative estimate of drug-likeness (QED) is 0.685. The van der Waals surface area contributed by atoms with Crippen molar-refractivity contribution < 1.29 is 14.3 Å². The van der Waals surface area contributed by atoms with E-state index in [9.17, 15) is 9.59 Å². The third kappa shape index (κ3) is 4.25. The summed E-state index contributed by atoms with van der Waals surface area (Å²) in [5.41, 5.74) is 1.56. The van der Waals surface area contributed by atoms with Crippen LogP contribution in [0.4, 0.5) is 0 Å². The SMILES string of the molecule is O=C(c1cccc(OCC2CCCN(C(=O)C3(c4ccccc4)CC3)C2)c1)N1CCCC1. The highest BCUT2D eigenvalue weighted by Crippen LogP contribution is 2.50. The van der Waals surface area contributed by atoms with Crippen LogP contribution in [0.15, 0.2) is 54.6 Å². The summed E-state index contributed by atoms with van der Waals surface area (Å²) in [5.74, 6) is 1.43. The molecule has 2 saturated heterocycles. The minimum atomic E-state index is -0.297. The molecule has 1 aliphatic carbocycles. The molecule has 0 radical (unpaired) electrons. The van der Waals surface area contributed by atoms with Gasteiger partial charge in [-0.3, -0.25) is 9.59 Å². The van der Waals surface area contributed by atoms with Gasteiger partial charge in [-0.05, 0) is 62.3 Å². The van der Waals surface area contributed by atoms with E-state index in [1.54, 1.807) is 0 Å². The molecule has 1 atom stereocenters. The summed E-state index contributed by atoms with van der Waals surface area (Å²) < 4.78 is 6.10. The first-order valence-corrected chi connectivity index (χ1v) is 12.0. The van der Waals surface area contributed by atoms with E-state index in [4.69, 9.17) is 4.74 Å². The molecule has 168 valence electrons. The molecule has 1 unspecified atom stereocenters. The molecular formula is C27H32N2O3. The van der Waals surface area contributed by atoms with Crippen molar-refractivity contribution in [3.05, 3.63) is 65.7 Å². The molecule has 32 heavy (non-hydrogen) atoms. The molecule has 0 N–H and O–H groups in total. The highest BCUT2D eigenvalue weighted by molar-refractivity contribution is 5.94. The monoisotopic (exact) mass is 432 g/mol. The fraction of sp³-hybridized carbons (Fsp3) is 0.481. The minimum absolute atomic E-state index is 0.0954. The van der Waals surface area contributed by atoms with E-state index in [2.05, 4.69) is 17.0 Å². The van der Waals surface area contributed by atoms with E-state index in [-0.39, 0.29) is 17.2 Å². The Balaban J connectivity index is 1.19. The molecule has 1 saturated carbocycles. The summed E-state index contributed by atoms with van der Waals surface area (Å²) in [6.45, 7) is 3.85. The number of nitrogens with zero attached hydrogens (tertiary/aromatic N) is 2. The first-order valence-electron chi connectivity index (χ1n) is 12.0. The van der Waals surface area contributed by atoms with Crippen LogP contribution >= 0.6 is 0 Å². The lowest BCUT2D eigenvalue weighted by Gasteiger charge is -2.35. The number of piperidine rings is 1. The zero-order valence-electron chi connectivity index (χ0n) is 18.7. The molecule has 0 aromatic heterocycles. The molecule has 2 heterocycles. The Morgan fingerprint density at radius 1 is 0.906 bits per heavy atom. The Bertz CT molecular complexity index is 964. The van der Waals surface area contributed by atoms with Crippen LogP contribution in [0.1, 0.15) is 54.4 Å². The molecule has 5 heteroatoms. The first-order chi connectivity index (χ1) is 15.7. The topological polar surface area (TPSA) is 49.9 Å². The fourth-order valence-corrected chi connectivity index (χ4v) is 5.23. The van der Waals surface area contributed by atoms with Crippen LogP contribution in [0.2, 0.25) is 0 Å². The second-order valence-corrected chi connectivity index (χ2v) is 9.55. The molecule has 5 rings (SSSR count). The smallest absolute Gasteiger partial charge is 0.253 e. The third-order valence-electron chi connectivity index (χ3n) is 7.25. The second kappa shape index (κ2) is 8.97. The molecule has 2 aromatic carbocycles. The van der Waals surface area contributed by atoms with Gasteiger partial charge in [-0.1, -0.05) is 36.4 Å². The number of hydrogen-bond acceptors (Lipinski definition) is 3. The highest BCUT2D eigenvalue weighted by Gasteiger charge is 2.53. The number of carbonyl (C=O) groups is 2. The summed E-state index contributed by atoms with van der Waals surface area (Å²) in [5, 5.41) is 0. The molecule has 5 nitrogen and oxygen atoms in total. The van der Waals surface area contributed by atoms with Gasteiger partial charge < -0.3 is 14.5 Å². The molecule has 2 aromatic rings. The summed E-state index contributed by atoms with van der Waals surface area (Å²) in [7, 11) is 0. The van der Waals surface area contributed by atoms with E-state index in [0.717, 1.165) is 76.0 Å². The lowest BCUT2D eigenvalue weighted by molar-refractivity contribution is -0.136. The fourth-order valence-electron chi connectivity index (χ4n) is 5.23. The molecule has 2 aliphatic heterocycles. The number of ether oxygens (including phenoxy) is 1. The van der Waals surface area contributed by atoms with Gasteiger partial charge >= 0.3 is 0 Å². The van der Waals surface area contributed by atoms with Gasteiger partial charge in [-0.15, -0.1) is 0 Å². The molecule has 2 amide bonds. The Morgan fingerprint density at radius 2 is 1.66 bits per heavy atom. The average Bonchev–Trinajstić information content (AvgIpc) is 3.48. The third-order valence-corrected chi connectivity index (χ3v) is 7.25. The van der Waals surface area contributed by atoms with Crippen LogP contribution < -0.4 is 4.74 Å². The van der Waals surface area contributed by atoms with E-state index < -0.39 is 0 Å². The zero-order valence-corrected chi connectivity index (χ0v) is 18.7. The van der Waals surface area contributed by atoms with Crippen molar-refractivity contribution in [2.24, 2.45) is 5.92 Å². The van der Waals surface area contributed by atoms with Crippen LogP contribution in [-0.2, 0) is 10.2 Å². The van der Waals surface area contributed by atoms with Crippen molar-refractivity contribution >= 4 is 11.8 Å². The maximum Gasteiger partial charge on any atom is 0.253 e.